The minimum atomic E-state index is 0.857. The second-order valence-electron chi connectivity index (χ2n) is 7.18. The van der Waals surface area contributed by atoms with Crippen LogP contribution in [0.1, 0.15) is 11.1 Å². The number of benzene rings is 2. The minimum Gasteiger partial charge on any atom is -0.497 e. The van der Waals surface area contributed by atoms with Crippen LogP contribution in [0.5, 0.6) is 5.75 Å². The topological polar surface area (TPSA) is 41.5 Å². The number of nitrogens with zero attached hydrogens (tertiary/aromatic N) is 4. The molecule has 0 unspecified atom stereocenters. The molecule has 1 aliphatic rings. The van der Waals surface area contributed by atoms with Crippen molar-refractivity contribution in [3.63, 3.8) is 0 Å². The first-order valence-electron chi connectivity index (χ1n) is 9.43. The Bertz CT molecular complexity index is 1120. The van der Waals surface area contributed by atoms with Gasteiger partial charge in [-0.15, -0.1) is 0 Å². The Hall–Kier alpha value is -2.38. The van der Waals surface area contributed by atoms with Gasteiger partial charge in [-0.25, -0.2) is 9.97 Å². The average molecular weight is 411 g/mol. The third-order valence-electron chi connectivity index (χ3n) is 5.34. The van der Waals surface area contributed by atoms with E-state index in [1.165, 1.54) is 20.5 Å². The number of hydrogen-bond acceptors (Lipinski definition) is 7. The lowest BCUT2D eigenvalue weighted by Gasteiger charge is -2.34. The molecule has 5 nitrogen and oxygen atoms in total. The molecule has 1 saturated heterocycles. The van der Waals surface area contributed by atoms with Crippen LogP contribution in [0.4, 0.5) is 10.3 Å². The van der Waals surface area contributed by atoms with E-state index in [2.05, 4.69) is 41.8 Å². The SMILES string of the molecule is COc1ccc2sc(N3CCN(c4nc5c(C)ccc(C)c5s4)CC3)nc2c1. The van der Waals surface area contributed by atoms with Gasteiger partial charge in [0, 0.05) is 32.2 Å². The Kier molecular flexibility index (Phi) is 4.36. The van der Waals surface area contributed by atoms with Crippen molar-refractivity contribution in [2.75, 3.05) is 43.1 Å². The van der Waals surface area contributed by atoms with Gasteiger partial charge >= 0.3 is 0 Å². The molecule has 0 spiro atoms. The highest BCUT2D eigenvalue weighted by Crippen LogP contribution is 2.35. The molecule has 3 heterocycles. The summed E-state index contributed by atoms with van der Waals surface area (Å²) in [6.07, 6.45) is 0. The molecule has 2 aromatic heterocycles. The Labute approximate surface area is 172 Å². The predicted octanol–water partition coefficient (Wildman–Crippen LogP) is 4.86. The van der Waals surface area contributed by atoms with E-state index in [0.717, 1.165) is 53.2 Å². The normalized spacial score (nSPS) is 15.0. The molecule has 7 heteroatoms. The van der Waals surface area contributed by atoms with Gasteiger partial charge in [0.25, 0.3) is 0 Å². The lowest BCUT2D eigenvalue weighted by atomic mass is 10.1. The second kappa shape index (κ2) is 6.90. The minimum absolute atomic E-state index is 0.857. The van der Waals surface area contributed by atoms with Crippen LogP contribution >= 0.6 is 22.7 Å². The van der Waals surface area contributed by atoms with Crippen LogP contribution in [0.15, 0.2) is 30.3 Å². The molecule has 2 aromatic carbocycles. The summed E-state index contributed by atoms with van der Waals surface area (Å²) in [7, 11) is 1.69. The first-order valence-corrected chi connectivity index (χ1v) is 11.1. The van der Waals surface area contributed by atoms with E-state index >= 15 is 0 Å². The van der Waals surface area contributed by atoms with Crippen LogP contribution in [0.3, 0.4) is 0 Å². The zero-order chi connectivity index (χ0) is 19.3. The van der Waals surface area contributed by atoms with E-state index in [4.69, 9.17) is 14.7 Å². The van der Waals surface area contributed by atoms with E-state index < -0.39 is 0 Å². The number of ether oxygens (including phenoxy) is 1. The molecule has 0 amide bonds. The summed E-state index contributed by atoms with van der Waals surface area (Å²) in [6, 6.07) is 10.5. The highest BCUT2D eigenvalue weighted by Gasteiger charge is 2.22. The van der Waals surface area contributed by atoms with Crippen molar-refractivity contribution in [2.24, 2.45) is 0 Å². The molecule has 0 aliphatic carbocycles. The molecule has 4 aromatic rings. The molecular formula is C21H22N4OS2. The zero-order valence-corrected chi connectivity index (χ0v) is 17.9. The van der Waals surface area contributed by atoms with Gasteiger partial charge in [-0.3, -0.25) is 0 Å². The van der Waals surface area contributed by atoms with Gasteiger partial charge in [-0.05, 0) is 37.1 Å². The number of aromatic nitrogens is 2. The van der Waals surface area contributed by atoms with Gasteiger partial charge in [-0.1, -0.05) is 34.8 Å². The first-order chi connectivity index (χ1) is 13.6. The lowest BCUT2D eigenvalue weighted by Crippen LogP contribution is -2.46. The number of thiazole rings is 2. The molecule has 0 atom stereocenters. The van der Waals surface area contributed by atoms with Crippen LogP contribution in [-0.2, 0) is 0 Å². The molecule has 0 saturated carbocycles. The number of hydrogen-bond donors (Lipinski definition) is 0. The van der Waals surface area contributed by atoms with Gasteiger partial charge < -0.3 is 14.5 Å². The van der Waals surface area contributed by atoms with Crippen molar-refractivity contribution < 1.29 is 4.74 Å². The third kappa shape index (κ3) is 2.99. The maximum atomic E-state index is 5.32. The molecule has 144 valence electrons. The highest BCUT2D eigenvalue weighted by molar-refractivity contribution is 7.22. The van der Waals surface area contributed by atoms with Crippen molar-refractivity contribution in [1.82, 2.24) is 9.97 Å². The maximum Gasteiger partial charge on any atom is 0.186 e. The molecule has 0 N–H and O–H groups in total. The van der Waals surface area contributed by atoms with E-state index in [9.17, 15) is 0 Å². The largest absolute Gasteiger partial charge is 0.497 e. The molecule has 0 bridgehead atoms. The molecule has 5 rings (SSSR count). The van der Waals surface area contributed by atoms with E-state index in [1.54, 1.807) is 18.4 Å². The van der Waals surface area contributed by atoms with E-state index in [1.807, 2.05) is 23.5 Å². The monoisotopic (exact) mass is 410 g/mol. The molecule has 1 aliphatic heterocycles. The van der Waals surface area contributed by atoms with E-state index in [-0.39, 0.29) is 0 Å². The number of methoxy groups -OCH3 is 1. The summed E-state index contributed by atoms with van der Waals surface area (Å²) < 4.78 is 7.84. The fourth-order valence-corrected chi connectivity index (χ4v) is 5.79. The van der Waals surface area contributed by atoms with Crippen molar-refractivity contribution in [1.29, 1.82) is 0 Å². The van der Waals surface area contributed by atoms with Gasteiger partial charge in [0.2, 0.25) is 0 Å². The van der Waals surface area contributed by atoms with Crippen LogP contribution in [0.25, 0.3) is 20.4 Å². The maximum absolute atomic E-state index is 5.32. The summed E-state index contributed by atoms with van der Waals surface area (Å²) in [5.41, 5.74) is 4.74. The molecule has 0 radical (unpaired) electrons. The van der Waals surface area contributed by atoms with E-state index in [0.29, 0.717) is 0 Å². The molecule has 1 fully saturated rings. The van der Waals surface area contributed by atoms with Gasteiger partial charge in [0.1, 0.15) is 5.75 Å². The highest BCUT2D eigenvalue weighted by atomic mass is 32.1. The first kappa shape index (κ1) is 17.7. The van der Waals surface area contributed by atoms with Gasteiger partial charge in [-0.2, -0.15) is 0 Å². The van der Waals surface area contributed by atoms with Crippen LogP contribution < -0.4 is 14.5 Å². The van der Waals surface area contributed by atoms with Crippen molar-refractivity contribution in [3.05, 3.63) is 41.5 Å². The Balaban J connectivity index is 1.35. The summed E-state index contributed by atoms with van der Waals surface area (Å²) in [5, 5.41) is 2.24. The van der Waals surface area contributed by atoms with Crippen LogP contribution in [0.2, 0.25) is 0 Å². The number of rotatable bonds is 3. The standard InChI is InChI=1S/C21H22N4OS2/c1-13-4-5-14(2)19-18(13)23-21(28-19)25-10-8-24(9-11-25)20-22-16-12-15(26-3)6-7-17(16)27-20/h4-7,12H,8-11H2,1-3H3. The fraction of sp³-hybridized carbons (Fsp3) is 0.333. The smallest absolute Gasteiger partial charge is 0.186 e. The lowest BCUT2D eigenvalue weighted by molar-refractivity contribution is 0.415. The quantitative estimate of drug-likeness (QED) is 0.483. The van der Waals surface area contributed by atoms with Gasteiger partial charge in [0.05, 0.1) is 27.5 Å². The number of piperazine rings is 1. The molecule has 28 heavy (non-hydrogen) atoms. The number of anilines is 2. The van der Waals surface area contributed by atoms with Crippen molar-refractivity contribution in [2.45, 2.75) is 13.8 Å². The Morgan fingerprint density at radius 3 is 2.21 bits per heavy atom. The summed E-state index contributed by atoms with van der Waals surface area (Å²) in [4.78, 5) is 14.6. The average Bonchev–Trinajstić information content (AvgIpc) is 3.35. The summed E-state index contributed by atoms with van der Waals surface area (Å²) in [6.45, 7) is 8.18. The van der Waals surface area contributed by atoms with Crippen LogP contribution in [0, 0.1) is 13.8 Å². The zero-order valence-electron chi connectivity index (χ0n) is 16.2. The van der Waals surface area contributed by atoms with Crippen LogP contribution in [-0.4, -0.2) is 43.3 Å². The van der Waals surface area contributed by atoms with Gasteiger partial charge in [0.15, 0.2) is 10.3 Å². The Morgan fingerprint density at radius 1 is 0.857 bits per heavy atom. The van der Waals surface area contributed by atoms with Crippen molar-refractivity contribution >= 4 is 53.4 Å². The Morgan fingerprint density at radius 2 is 1.54 bits per heavy atom. The second-order valence-corrected chi connectivity index (χ2v) is 9.16. The summed E-state index contributed by atoms with van der Waals surface area (Å²) in [5.74, 6) is 0.857. The number of aryl methyl sites for hydroxylation is 2. The fourth-order valence-electron chi connectivity index (χ4n) is 3.63. The summed E-state index contributed by atoms with van der Waals surface area (Å²) >= 11 is 3.57. The van der Waals surface area contributed by atoms with Crippen molar-refractivity contribution in [3.8, 4) is 5.75 Å². The number of fused-ring (bicyclic) bond motifs is 2. The predicted molar refractivity (Wildman–Crippen MR) is 120 cm³/mol. The third-order valence-corrected chi connectivity index (χ3v) is 7.68. The molecular weight excluding hydrogens is 388 g/mol.